The summed E-state index contributed by atoms with van der Waals surface area (Å²) < 4.78 is 13.2. The van der Waals surface area contributed by atoms with Crippen molar-refractivity contribution < 1.29 is 14.3 Å². The molecule has 3 rings (SSSR count). The summed E-state index contributed by atoms with van der Waals surface area (Å²) in [6.07, 6.45) is 5.63. The number of cyclic esters (lactones) is 1. The summed E-state index contributed by atoms with van der Waals surface area (Å²) in [5, 5.41) is 1.27. The third-order valence-corrected chi connectivity index (χ3v) is 6.94. The summed E-state index contributed by atoms with van der Waals surface area (Å²) in [4.78, 5) is 12.2. The standard InChI is InChI=1S/C26H40N2O3/c1-17(2)21(15-23(27)25-16-22(18(3)4)26(29)31-25)13-19-7-8-20-9-11-28(24(20)14-19)10-6-12-30-5/h7-9,11,14,17-18,21-23,25H,6,10,12-13,15-16,27H2,1-5H3/t21-,22-,23-,25-/m0/s1. The molecule has 1 aromatic heterocycles. The van der Waals surface area contributed by atoms with Gasteiger partial charge in [0.1, 0.15) is 6.10 Å². The summed E-state index contributed by atoms with van der Waals surface area (Å²) in [6, 6.07) is 8.87. The first kappa shape index (κ1) is 23.8. The second kappa shape index (κ2) is 10.6. The third-order valence-electron chi connectivity index (χ3n) is 6.94. The van der Waals surface area contributed by atoms with Gasteiger partial charge in [-0.05, 0) is 66.5 Å². The van der Waals surface area contributed by atoms with Crippen molar-refractivity contribution in [2.75, 3.05) is 13.7 Å². The van der Waals surface area contributed by atoms with Crippen molar-refractivity contribution in [1.29, 1.82) is 0 Å². The molecule has 2 aromatic rings. The van der Waals surface area contributed by atoms with Crippen LogP contribution in [0.4, 0.5) is 0 Å². The molecule has 0 radical (unpaired) electrons. The number of ether oxygens (including phenoxy) is 2. The lowest BCUT2D eigenvalue weighted by atomic mass is 9.82. The molecule has 0 saturated carbocycles. The molecule has 0 spiro atoms. The van der Waals surface area contributed by atoms with E-state index in [2.05, 4.69) is 62.7 Å². The molecule has 172 valence electrons. The Morgan fingerprint density at radius 1 is 1.23 bits per heavy atom. The second-order valence-corrected chi connectivity index (χ2v) is 9.92. The number of nitrogens with zero attached hydrogens (tertiary/aromatic N) is 1. The third kappa shape index (κ3) is 5.89. The van der Waals surface area contributed by atoms with Crippen molar-refractivity contribution in [3.8, 4) is 0 Å². The van der Waals surface area contributed by atoms with Gasteiger partial charge in [-0.1, -0.05) is 39.8 Å². The SMILES string of the molecule is COCCCn1ccc2ccc(C[C@@H](C[C@H](N)[C@@H]3C[C@@H](C(C)C)C(=O)O3)C(C)C)cc21. The predicted molar refractivity (Wildman–Crippen MR) is 126 cm³/mol. The van der Waals surface area contributed by atoms with Gasteiger partial charge in [-0.2, -0.15) is 0 Å². The zero-order chi connectivity index (χ0) is 22.5. The first-order valence-corrected chi connectivity index (χ1v) is 11.8. The van der Waals surface area contributed by atoms with Gasteiger partial charge >= 0.3 is 5.97 Å². The largest absolute Gasteiger partial charge is 0.460 e. The Balaban J connectivity index is 1.67. The highest BCUT2D eigenvalue weighted by Crippen LogP contribution is 2.32. The van der Waals surface area contributed by atoms with E-state index in [0.717, 1.165) is 38.8 Å². The molecule has 5 heteroatoms. The zero-order valence-corrected chi connectivity index (χ0v) is 19.8. The average molecular weight is 429 g/mol. The van der Waals surface area contributed by atoms with Crippen LogP contribution < -0.4 is 5.73 Å². The Labute approximate surface area is 187 Å². The van der Waals surface area contributed by atoms with Crippen LogP contribution in [-0.4, -0.2) is 36.4 Å². The lowest BCUT2D eigenvalue weighted by molar-refractivity contribution is -0.146. The maximum atomic E-state index is 12.2. The van der Waals surface area contributed by atoms with E-state index < -0.39 is 0 Å². The van der Waals surface area contributed by atoms with Gasteiger partial charge < -0.3 is 19.8 Å². The van der Waals surface area contributed by atoms with Crippen molar-refractivity contribution in [1.82, 2.24) is 4.57 Å². The molecule has 1 saturated heterocycles. The van der Waals surface area contributed by atoms with Crippen LogP contribution in [0.5, 0.6) is 0 Å². The molecule has 0 aliphatic carbocycles. The zero-order valence-electron chi connectivity index (χ0n) is 19.8. The van der Waals surface area contributed by atoms with E-state index in [9.17, 15) is 4.79 Å². The fraction of sp³-hybridized carbons (Fsp3) is 0.654. The number of carbonyl (C=O) groups is 1. The minimum absolute atomic E-state index is 0.0122. The Bertz CT molecular complexity index is 857. The van der Waals surface area contributed by atoms with Gasteiger partial charge in [0, 0.05) is 38.0 Å². The number of methoxy groups -OCH3 is 1. The Morgan fingerprint density at radius 3 is 2.65 bits per heavy atom. The topological polar surface area (TPSA) is 66.5 Å². The lowest BCUT2D eigenvalue weighted by Gasteiger charge is -2.27. The highest BCUT2D eigenvalue weighted by molar-refractivity contribution is 5.80. The van der Waals surface area contributed by atoms with Crippen molar-refractivity contribution in [3.05, 3.63) is 36.0 Å². The summed E-state index contributed by atoms with van der Waals surface area (Å²) in [5.74, 6) is 1.17. The smallest absolute Gasteiger partial charge is 0.309 e. The molecule has 31 heavy (non-hydrogen) atoms. The molecule has 0 unspecified atom stereocenters. The number of aromatic nitrogens is 1. The monoisotopic (exact) mass is 428 g/mol. The summed E-state index contributed by atoms with van der Waals surface area (Å²) >= 11 is 0. The molecule has 2 N–H and O–H groups in total. The van der Waals surface area contributed by atoms with Crippen LogP contribution in [0.1, 0.15) is 52.5 Å². The number of esters is 1. The van der Waals surface area contributed by atoms with Gasteiger partial charge in [-0.15, -0.1) is 0 Å². The fourth-order valence-electron chi connectivity index (χ4n) is 4.76. The van der Waals surface area contributed by atoms with Gasteiger partial charge in [0.15, 0.2) is 0 Å². The quantitative estimate of drug-likeness (QED) is 0.412. The summed E-state index contributed by atoms with van der Waals surface area (Å²) in [6.45, 7) is 10.4. The highest BCUT2D eigenvalue weighted by atomic mass is 16.6. The van der Waals surface area contributed by atoms with Gasteiger partial charge in [0.2, 0.25) is 0 Å². The number of fused-ring (bicyclic) bond motifs is 1. The van der Waals surface area contributed by atoms with Gasteiger partial charge in [0.25, 0.3) is 0 Å². The van der Waals surface area contributed by atoms with E-state index in [1.807, 2.05) is 0 Å². The van der Waals surface area contributed by atoms with Crippen LogP contribution >= 0.6 is 0 Å². The van der Waals surface area contributed by atoms with Gasteiger partial charge in [-0.25, -0.2) is 0 Å². The maximum Gasteiger partial charge on any atom is 0.309 e. The Morgan fingerprint density at radius 2 is 2.00 bits per heavy atom. The summed E-state index contributed by atoms with van der Waals surface area (Å²) in [5.41, 5.74) is 9.19. The number of hydrogen-bond acceptors (Lipinski definition) is 4. The van der Waals surface area contributed by atoms with Gasteiger partial charge in [0.05, 0.1) is 5.92 Å². The number of nitrogens with two attached hydrogens (primary N) is 1. The molecular weight excluding hydrogens is 388 g/mol. The van der Waals surface area contributed by atoms with Crippen LogP contribution in [0.25, 0.3) is 10.9 Å². The molecule has 4 atom stereocenters. The normalized spacial score (nSPS) is 21.2. The Hall–Kier alpha value is -1.85. The molecule has 0 amide bonds. The predicted octanol–water partition coefficient (Wildman–Crippen LogP) is 4.80. The number of hydrogen-bond donors (Lipinski definition) is 1. The first-order chi connectivity index (χ1) is 14.8. The number of benzene rings is 1. The van der Waals surface area contributed by atoms with Crippen molar-refractivity contribution in [2.24, 2.45) is 29.4 Å². The van der Waals surface area contributed by atoms with Crippen LogP contribution in [0, 0.1) is 23.7 Å². The van der Waals surface area contributed by atoms with E-state index in [1.165, 1.54) is 16.5 Å². The molecule has 0 bridgehead atoms. The van der Waals surface area contributed by atoms with Crippen LogP contribution in [0.3, 0.4) is 0 Å². The molecule has 1 aliphatic heterocycles. The second-order valence-electron chi connectivity index (χ2n) is 9.92. The van der Waals surface area contributed by atoms with Crippen LogP contribution in [-0.2, 0) is 27.2 Å². The number of carbonyl (C=O) groups excluding carboxylic acids is 1. The number of aryl methyl sites for hydroxylation is 1. The first-order valence-electron chi connectivity index (χ1n) is 11.8. The average Bonchev–Trinajstić information content (AvgIpc) is 3.31. The maximum absolute atomic E-state index is 12.2. The number of rotatable bonds is 11. The molecule has 5 nitrogen and oxygen atoms in total. The minimum atomic E-state index is -0.151. The van der Waals surface area contributed by atoms with Crippen molar-refractivity contribution >= 4 is 16.9 Å². The van der Waals surface area contributed by atoms with Crippen molar-refractivity contribution in [3.63, 3.8) is 0 Å². The van der Waals surface area contributed by atoms with Crippen LogP contribution in [0.15, 0.2) is 30.5 Å². The molecule has 1 fully saturated rings. The van der Waals surface area contributed by atoms with E-state index in [0.29, 0.717) is 17.8 Å². The minimum Gasteiger partial charge on any atom is -0.460 e. The van der Waals surface area contributed by atoms with Crippen LogP contribution in [0.2, 0.25) is 0 Å². The van der Waals surface area contributed by atoms with E-state index in [1.54, 1.807) is 7.11 Å². The van der Waals surface area contributed by atoms with E-state index in [-0.39, 0.29) is 24.0 Å². The molecule has 1 aromatic carbocycles. The fourth-order valence-corrected chi connectivity index (χ4v) is 4.76. The van der Waals surface area contributed by atoms with E-state index in [4.69, 9.17) is 15.2 Å². The Kier molecular flexibility index (Phi) is 8.17. The van der Waals surface area contributed by atoms with E-state index >= 15 is 0 Å². The van der Waals surface area contributed by atoms with Crippen molar-refractivity contribution in [2.45, 2.75) is 72.1 Å². The molecular formula is C26H40N2O3. The molecule has 2 heterocycles. The van der Waals surface area contributed by atoms with Gasteiger partial charge in [-0.3, -0.25) is 4.79 Å². The molecule has 1 aliphatic rings. The lowest BCUT2D eigenvalue weighted by Crippen LogP contribution is -2.37. The highest BCUT2D eigenvalue weighted by Gasteiger charge is 2.39. The summed E-state index contributed by atoms with van der Waals surface area (Å²) in [7, 11) is 1.75.